The topological polar surface area (TPSA) is 15.3 Å². The molecule has 0 bridgehead atoms. The Bertz CT molecular complexity index is 378. The Kier molecular flexibility index (Phi) is 6.02. The third kappa shape index (κ3) is 4.63. The molecule has 1 rings (SSSR count). The largest absolute Gasteiger partial charge is 0.312 e. The predicted molar refractivity (Wildman–Crippen MR) is 84.6 cm³/mol. The summed E-state index contributed by atoms with van der Waals surface area (Å²) < 4.78 is 0. The van der Waals surface area contributed by atoms with Crippen molar-refractivity contribution in [2.75, 3.05) is 20.6 Å². The molecule has 0 heterocycles. The van der Waals surface area contributed by atoms with Crippen LogP contribution in [0, 0.1) is 19.8 Å². The van der Waals surface area contributed by atoms with Gasteiger partial charge in [0, 0.05) is 18.6 Å². The van der Waals surface area contributed by atoms with E-state index in [9.17, 15) is 0 Å². The summed E-state index contributed by atoms with van der Waals surface area (Å²) in [6.07, 6.45) is 0. The van der Waals surface area contributed by atoms with E-state index in [4.69, 9.17) is 0 Å². The maximum atomic E-state index is 3.46. The Balaban J connectivity index is 2.83. The molecule has 2 unspecified atom stereocenters. The molecule has 2 heteroatoms. The Labute approximate surface area is 119 Å². The Morgan fingerprint density at radius 2 is 1.58 bits per heavy atom. The molecule has 1 aromatic carbocycles. The second kappa shape index (κ2) is 7.06. The summed E-state index contributed by atoms with van der Waals surface area (Å²) in [6.45, 7) is 12.3. The summed E-state index contributed by atoms with van der Waals surface area (Å²) in [4.78, 5) is 2.45. The lowest BCUT2D eigenvalue weighted by molar-refractivity contribution is 0.190. The average molecular weight is 262 g/mol. The van der Waals surface area contributed by atoms with Crippen LogP contribution < -0.4 is 5.32 Å². The maximum absolute atomic E-state index is 3.46. The van der Waals surface area contributed by atoms with Crippen LogP contribution in [0.15, 0.2) is 18.2 Å². The van der Waals surface area contributed by atoms with Crippen LogP contribution in [0.5, 0.6) is 0 Å². The first kappa shape index (κ1) is 16.2. The number of rotatable bonds is 6. The van der Waals surface area contributed by atoms with Gasteiger partial charge in [-0.2, -0.15) is 0 Å². The number of nitrogens with zero attached hydrogens (tertiary/aromatic N) is 1. The van der Waals surface area contributed by atoms with E-state index in [0.29, 0.717) is 18.0 Å². The molecule has 1 aromatic rings. The Morgan fingerprint density at radius 3 is 2.00 bits per heavy atom. The van der Waals surface area contributed by atoms with Gasteiger partial charge in [0.25, 0.3) is 0 Å². The molecule has 0 fully saturated rings. The van der Waals surface area contributed by atoms with E-state index in [-0.39, 0.29) is 0 Å². The zero-order valence-electron chi connectivity index (χ0n) is 13.6. The minimum Gasteiger partial charge on any atom is -0.312 e. The second-order valence-corrected chi connectivity index (χ2v) is 6.19. The number of hydrogen-bond acceptors (Lipinski definition) is 2. The highest BCUT2D eigenvalue weighted by Crippen LogP contribution is 2.19. The summed E-state index contributed by atoms with van der Waals surface area (Å²) >= 11 is 0. The van der Waals surface area contributed by atoms with Gasteiger partial charge in [-0.05, 0) is 46.3 Å². The minimum atomic E-state index is 0.393. The molecule has 0 saturated heterocycles. The first-order valence-corrected chi connectivity index (χ1v) is 7.30. The van der Waals surface area contributed by atoms with Crippen LogP contribution in [0.4, 0.5) is 0 Å². The monoisotopic (exact) mass is 262 g/mol. The standard InChI is InChI=1S/C17H30N2/c1-12(2)15(5)19(7)11-17(18-6)16-9-13(3)8-14(4)10-16/h8-10,12,15,17-18H,11H2,1-7H3. The van der Waals surface area contributed by atoms with Gasteiger partial charge in [-0.15, -0.1) is 0 Å². The van der Waals surface area contributed by atoms with Crippen LogP contribution >= 0.6 is 0 Å². The highest BCUT2D eigenvalue weighted by molar-refractivity contribution is 5.30. The molecule has 19 heavy (non-hydrogen) atoms. The molecular weight excluding hydrogens is 232 g/mol. The van der Waals surface area contributed by atoms with Crippen molar-refractivity contribution in [2.24, 2.45) is 5.92 Å². The van der Waals surface area contributed by atoms with Crippen molar-refractivity contribution in [1.29, 1.82) is 0 Å². The van der Waals surface area contributed by atoms with Crippen LogP contribution in [-0.2, 0) is 0 Å². The molecule has 0 aliphatic carbocycles. The molecule has 0 saturated carbocycles. The number of hydrogen-bond donors (Lipinski definition) is 1. The third-order valence-corrected chi connectivity index (χ3v) is 4.13. The lowest BCUT2D eigenvalue weighted by atomic mass is 9.99. The minimum absolute atomic E-state index is 0.393. The van der Waals surface area contributed by atoms with Crippen molar-refractivity contribution in [2.45, 2.75) is 46.7 Å². The third-order valence-electron chi connectivity index (χ3n) is 4.13. The van der Waals surface area contributed by atoms with Crippen LogP contribution in [0.25, 0.3) is 0 Å². The van der Waals surface area contributed by atoms with E-state index in [1.54, 1.807) is 0 Å². The van der Waals surface area contributed by atoms with Crippen molar-refractivity contribution in [3.63, 3.8) is 0 Å². The molecule has 0 aliphatic heterocycles. The van der Waals surface area contributed by atoms with Gasteiger partial charge in [0.15, 0.2) is 0 Å². The maximum Gasteiger partial charge on any atom is 0.0447 e. The Hall–Kier alpha value is -0.860. The lowest BCUT2D eigenvalue weighted by Gasteiger charge is -2.31. The molecule has 0 aliphatic rings. The summed E-state index contributed by atoms with van der Waals surface area (Å²) in [7, 11) is 4.27. The molecule has 2 atom stereocenters. The Morgan fingerprint density at radius 1 is 1.05 bits per heavy atom. The van der Waals surface area contributed by atoms with E-state index in [1.807, 2.05) is 0 Å². The summed E-state index contributed by atoms with van der Waals surface area (Å²) in [5.74, 6) is 0.682. The van der Waals surface area contributed by atoms with Crippen molar-refractivity contribution in [1.82, 2.24) is 10.2 Å². The molecule has 0 aromatic heterocycles. The van der Waals surface area contributed by atoms with Gasteiger partial charge >= 0.3 is 0 Å². The second-order valence-electron chi connectivity index (χ2n) is 6.19. The number of aryl methyl sites for hydroxylation is 2. The van der Waals surface area contributed by atoms with Gasteiger partial charge in [-0.1, -0.05) is 43.2 Å². The van der Waals surface area contributed by atoms with Gasteiger partial charge < -0.3 is 10.2 Å². The van der Waals surface area contributed by atoms with Gasteiger partial charge in [0.2, 0.25) is 0 Å². The van der Waals surface area contributed by atoms with Gasteiger partial charge in [0.05, 0.1) is 0 Å². The van der Waals surface area contributed by atoms with E-state index < -0.39 is 0 Å². The fourth-order valence-corrected chi connectivity index (χ4v) is 2.54. The smallest absolute Gasteiger partial charge is 0.0447 e. The van der Waals surface area contributed by atoms with Crippen LogP contribution in [0.2, 0.25) is 0 Å². The molecule has 0 spiro atoms. The first-order chi connectivity index (χ1) is 8.85. The predicted octanol–water partition coefficient (Wildman–Crippen LogP) is 3.54. The average Bonchev–Trinajstić information content (AvgIpc) is 2.33. The zero-order valence-corrected chi connectivity index (χ0v) is 13.6. The molecule has 108 valence electrons. The molecule has 0 radical (unpaired) electrons. The van der Waals surface area contributed by atoms with Crippen LogP contribution in [0.1, 0.15) is 43.5 Å². The number of benzene rings is 1. The first-order valence-electron chi connectivity index (χ1n) is 7.30. The fourth-order valence-electron chi connectivity index (χ4n) is 2.54. The van der Waals surface area contributed by atoms with Crippen LogP contribution in [-0.4, -0.2) is 31.6 Å². The normalized spacial score (nSPS) is 15.0. The van der Waals surface area contributed by atoms with Crippen LogP contribution in [0.3, 0.4) is 0 Å². The number of likely N-dealkylation sites (N-methyl/N-ethyl adjacent to an activating group) is 2. The van der Waals surface area contributed by atoms with E-state index in [2.05, 4.69) is 77.1 Å². The van der Waals surface area contributed by atoms with Crippen molar-refractivity contribution in [3.05, 3.63) is 34.9 Å². The van der Waals surface area contributed by atoms with Gasteiger partial charge in [0.1, 0.15) is 0 Å². The van der Waals surface area contributed by atoms with Crippen molar-refractivity contribution < 1.29 is 0 Å². The van der Waals surface area contributed by atoms with E-state index in [0.717, 1.165) is 6.54 Å². The highest BCUT2D eigenvalue weighted by Gasteiger charge is 2.18. The summed E-state index contributed by atoms with van der Waals surface area (Å²) in [6, 6.07) is 7.81. The molecule has 0 amide bonds. The SMILES string of the molecule is CNC(CN(C)C(C)C(C)C)c1cc(C)cc(C)c1. The number of nitrogens with one attached hydrogen (secondary N) is 1. The lowest BCUT2D eigenvalue weighted by Crippen LogP contribution is -2.39. The summed E-state index contributed by atoms with van der Waals surface area (Å²) in [5.41, 5.74) is 4.08. The van der Waals surface area contributed by atoms with Crippen molar-refractivity contribution >= 4 is 0 Å². The van der Waals surface area contributed by atoms with Gasteiger partial charge in [-0.3, -0.25) is 0 Å². The highest BCUT2D eigenvalue weighted by atomic mass is 15.1. The zero-order chi connectivity index (χ0) is 14.6. The van der Waals surface area contributed by atoms with E-state index >= 15 is 0 Å². The summed E-state index contributed by atoms with van der Waals surface area (Å²) in [5, 5.41) is 3.46. The quantitative estimate of drug-likeness (QED) is 0.843. The molecule has 2 nitrogen and oxygen atoms in total. The molecule has 1 N–H and O–H groups in total. The van der Waals surface area contributed by atoms with Crippen molar-refractivity contribution in [3.8, 4) is 0 Å². The van der Waals surface area contributed by atoms with E-state index in [1.165, 1.54) is 16.7 Å². The fraction of sp³-hybridized carbons (Fsp3) is 0.647. The van der Waals surface area contributed by atoms with Gasteiger partial charge in [-0.25, -0.2) is 0 Å². The molecular formula is C17H30N2.